The van der Waals surface area contributed by atoms with Gasteiger partial charge in [-0.15, -0.1) is 5.10 Å². The molecule has 8 nitrogen and oxygen atoms in total. The first-order valence-corrected chi connectivity index (χ1v) is 10.8. The number of aromatic nitrogens is 3. The van der Waals surface area contributed by atoms with Crippen LogP contribution in [0.2, 0.25) is 0 Å². The molecule has 150 valence electrons. The Morgan fingerprint density at radius 1 is 1.31 bits per heavy atom. The fraction of sp³-hybridized carbons (Fsp3) is 0.450. The van der Waals surface area contributed by atoms with Crippen LogP contribution in [0.25, 0.3) is 5.65 Å². The number of hydrogen-bond acceptors (Lipinski definition) is 7. The molecule has 1 spiro atoms. The third-order valence-corrected chi connectivity index (χ3v) is 7.31. The van der Waals surface area contributed by atoms with Gasteiger partial charge in [0.1, 0.15) is 11.4 Å². The topological polar surface area (TPSA) is 83.2 Å². The van der Waals surface area contributed by atoms with E-state index in [-0.39, 0.29) is 30.5 Å². The zero-order valence-corrected chi connectivity index (χ0v) is 16.5. The number of thiophene rings is 1. The van der Waals surface area contributed by atoms with Crippen LogP contribution in [0.1, 0.15) is 10.4 Å². The Morgan fingerprint density at radius 2 is 2.24 bits per heavy atom. The minimum atomic E-state index is -0.465. The second-order valence-electron chi connectivity index (χ2n) is 8.17. The van der Waals surface area contributed by atoms with E-state index in [1.165, 1.54) is 11.3 Å². The summed E-state index contributed by atoms with van der Waals surface area (Å²) in [5.41, 5.74) is 1.07. The van der Waals surface area contributed by atoms with Gasteiger partial charge in [-0.3, -0.25) is 4.79 Å². The molecule has 3 aromatic rings. The molecule has 1 amide bonds. The van der Waals surface area contributed by atoms with Crippen molar-refractivity contribution in [1.29, 1.82) is 0 Å². The maximum absolute atomic E-state index is 13.0. The lowest BCUT2D eigenvalue weighted by molar-refractivity contribution is -0.100. The number of fused-ring (bicyclic) bond motifs is 2. The van der Waals surface area contributed by atoms with Crippen LogP contribution in [0.4, 0.5) is 5.82 Å². The zero-order chi connectivity index (χ0) is 19.6. The van der Waals surface area contributed by atoms with E-state index in [1.807, 2.05) is 40.1 Å². The highest BCUT2D eigenvalue weighted by Crippen LogP contribution is 2.49. The fourth-order valence-corrected chi connectivity index (χ4v) is 5.94. The van der Waals surface area contributed by atoms with Crippen molar-refractivity contribution in [3.8, 4) is 0 Å². The van der Waals surface area contributed by atoms with Gasteiger partial charge in [0.15, 0.2) is 5.65 Å². The monoisotopic (exact) mass is 411 g/mol. The average Bonchev–Trinajstić information content (AvgIpc) is 3.50. The highest BCUT2D eigenvalue weighted by atomic mass is 32.1. The van der Waals surface area contributed by atoms with Crippen LogP contribution in [0, 0.1) is 11.8 Å². The summed E-state index contributed by atoms with van der Waals surface area (Å²) in [5, 5.41) is 18.6. The fourth-order valence-electron chi connectivity index (χ4n) is 5.31. The smallest absolute Gasteiger partial charge is 0.254 e. The Morgan fingerprint density at radius 3 is 3.07 bits per heavy atom. The molecular weight excluding hydrogens is 390 g/mol. The summed E-state index contributed by atoms with van der Waals surface area (Å²) < 4.78 is 8.26. The van der Waals surface area contributed by atoms with Gasteiger partial charge in [-0.1, -0.05) is 0 Å². The molecule has 3 saturated heterocycles. The van der Waals surface area contributed by atoms with E-state index in [4.69, 9.17) is 4.74 Å². The lowest BCUT2D eigenvalue weighted by Gasteiger charge is -2.40. The largest absolute Gasteiger partial charge is 0.396 e. The van der Waals surface area contributed by atoms with Crippen LogP contribution in [-0.2, 0) is 4.74 Å². The van der Waals surface area contributed by atoms with E-state index in [9.17, 15) is 9.90 Å². The summed E-state index contributed by atoms with van der Waals surface area (Å²) in [6.45, 7) is 2.57. The molecule has 3 aliphatic rings. The van der Waals surface area contributed by atoms with E-state index in [2.05, 4.69) is 15.0 Å². The number of nitrogens with zero attached hydrogens (tertiary/aromatic N) is 5. The van der Waals surface area contributed by atoms with Crippen molar-refractivity contribution in [3.05, 3.63) is 46.9 Å². The average molecular weight is 411 g/mol. The van der Waals surface area contributed by atoms with Gasteiger partial charge in [0.25, 0.3) is 5.91 Å². The van der Waals surface area contributed by atoms with Gasteiger partial charge >= 0.3 is 0 Å². The van der Waals surface area contributed by atoms with Crippen LogP contribution in [-0.4, -0.2) is 75.0 Å². The van der Waals surface area contributed by atoms with E-state index >= 15 is 0 Å². The Balaban J connectivity index is 1.32. The number of carbonyl (C=O) groups is 1. The Kier molecular flexibility index (Phi) is 3.75. The van der Waals surface area contributed by atoms with Gasteiger partial charge in [-0.05, 0) is 23.6 Å². The van der Waals surface area contributed by atoms with Gasteiger partial charge < -0.3 is 19.6 Å². The molecule has 3 aromatic heterocycles. The van der Waals surface area contributed by atoms with Crippen molar-refractivity contribution in [1.82, 2.24) is 19.5 Å². The van der Waals surface area contributed by atoms with Crippen LogP contribution in [0.5, 0.6) is 0 Å². The predicted molar refractivity (Wildman–Crippen MR) is 107 cm³/mol. The van der Waals surface area contributed by atoms with Crippen LogP contribution >= 0.6 is 11.3 Å². The first-order valence-electron chi connectivity index (χ1n) is 9.82. The summed E-state index contributed by atoms with van der Waals surface area (Å²) in [4.78, 5) is 21.4. The first kappa shape index (κ1) is 17.4. The molecule has 1 N–H and O–H groups in total. The van der Waals surface area contributed by atoms with Gasteiger partial charge in [0, 0.05) is 49.3 Å². The van der Waals surface area contributed by atoms with Gasteiger partial charge in [-0.25, -0.2) is 9.50 Å². The van der Waals surface area contributed by atoms with Crippen molar-refractivity contribution < 1.29 is 14.6 Å². The molecule has 0 unspecified atom stereocenters. The number of carbonyl (C=O) groups excluding carboxylic acids is 1. The Hall–Kier alpha value is -2.49. The summed E-state index contributed by atoms with van der Waals surface area (Å²) in [5.74, 6) is 1.10. The maximum Gasteiger partial charge on any atom is 0.254 e. The third kappa shape index (κ3) is 2.54. The Labute approximate surface area is 171 Å². The van der Waals surface area contributed by atoms with Gasteiger partial charge in [0.2, 0.25) is 0 Å². The van der Waals surface area contributed by atoms with Crippen LogP contribution < -0.4 is 4.90 Å². The minimum absolute atomic E-state index is 0.0252. The van der Waals surface area contributed by atoms with Crippen molar-refractivity contribution in [2.75, 3.05) is 37.7 Å². The normalized spacial score (nSPS) is 30.9. The number of imidazole rings is 1. The molecule has 0 radical (unpaired) electrons. The standard InChI is InChI=1S/C20H21N5O3S/c26-9-14-15-7-23(18-2-1-17-21-4-5-25(17)22-18)11-20(15)12-24(8-16(14)28-20)19(27)13-3-6-29-10-13/h1-6,10,14-16,26H,7-9,11-12H2/t14-,15+,16+,20-/m0/s1. The molecule has 4 atom stereocenters. The summed E-state index contributed by atoms with van der Waals surface area (Å²) in [6.07, 6.45) is 3.44. The molecular formula is C20H21N5O3S. The predicted octanol–water partition coefficient (Wildman–Crippen LogP) is 1.13. The second-order valence-corrected chi connectivity index (χ2v) is 8.95. The summed E-state index contributed by atoms with van der Waals surface area (Å²) >= 11 is 1.53. The van der Waals surface area contributed by atoms with Crippen molar-refractivity contribution in [2.24, 2.45) is 11.8 Å². The highest BCUT2D eigenvalue weighted by molar-refractivity contribution is 7.08. The highest BCUT2D eigenvalue weighted by Gasteiger charge is 2.63. The van der Waals surface area contributed by atoms with Crippen molar-refractivity contribution in [3.63, 3.8) is 0 Å². The molecule has 3 aliphatic heterocycles. The molecule has 6 heterocycles. The molecule has 2 bridgehead atoms. The number of hydrogen-bond donors (Lipinski definition) is 1. The minimum Gasteiger partial charge on any atom is -0.396 e. The molecule has 0 aromatic carbocycles. The van der Waals surface area contributed by atoms with Gasteiger partial charge in [-0.2, -0.15) is 11.3 Å². The van der Waals surface area contributed by atoms with Gasteiger partial charge in [0.05, 0.1) is 24.8 Å². The van der Waals surface area contributed by atoms with E-state index in [1.54, 1.807) is 10.7 Å². The van der Waals surface area contributed by atoms with E-state index < -0.39 is 5.60 Å². The molecule has 6 rings (SSSR count). The number of amides is 1. The number of aliphatic hydroxyl groups is 1. The lowest BCUT2D eigenvalue weighted by Crippen LogP contribution is -2.55. The second kappa shape index (κ2) is 6.25. The first-order chi connectivity index (χ1) is 14.2. The number of rotatable bonds is 3. The zero-order valence-electron chi connectivity index (χ0n) is 15.7. The number of anilines is 1. The van der Waals surface area contributed by atoms with Crippen LogP contribution in [0.15, 0.2) is 41.4 Å². The molecule has 9 heteroatoms. The summed E-state index contributed by atoms with van der Waals surface area (Å²) in [7, 11) is 0. The third-order valence-electron chi connectivity index (χ3n) is 6.62. The quantitative estimate of drug-likeness (QED) is 0.696. The van der Waals surface area contributed by atoms with E-state index in [0.717, 1.165) is 23.6 Å². The molecule has 0 aliphatic carbocycles. The number of aliphatic hydroxyl groups excluding tert-OH is 1. The number of morpholine rings is 1. The molecule has 29 heavy (non-hydrogen) atoms. The van der Waals surface area contributed by atoms with Crippen molar-refractivity contribution >= 4 is 28.7 Å². The lowest BCUT2D eigenvalue weighted by atomic mass is 9.83. The van der Waals surface area contributed by atoms with Crippen LogP contribution in [0.3, 0.4) is 0 Å². The Bertz CT molecular complexity index is 1070. The summed E-state index contributed by atoms with van der Waals surface area (Å²) in [6, 6.07) is 5.80. The molecule has 3 fully saturated rings. The SMILES string of the molecule is O=C(c1ccsc1)N1C[C@H]2O[C@]3(C1)CN(c1ccc4nccn4n1)C[C@@H]3[C@@H]2CO. The molecule has 0 saturated carbocycles. The number of ether oxygens (including phenoxy) is 1. The maximum atomic E-state index is 13.0. The number of likely N-dealkylation sites (tertiary alicyclic amines) is 1. The van der Waals surface area contributed by atoms with E-state index in [0.29, 0.717) is 19.6 Å². The van der Waals surface area contributed by atoms with Crippen molar-refractivity contribution in [2.45, 2.75) is 11.7 Å².